The van der Waals surface area contributed by atoms with Gasteiger partial charge >= 0.3 is 6.61 Å². The number of nitriles is 1. The fourth-order valence-corrected chi connectivity index (χ4v) is 3.69. The van der Waals surface area contributed by atoms with Gasteiger partial charge in [0.25, 0.3) is 0 Å². The zero-order valence-corrected chi connectivity index (χ0v) is 18.2. The minimum Gasteiger partial charge on any atom is -0.435 e. The van der Waals surface area contributed by atoms with E-state index in [1.54, 1.807) is 29.3 Å². The summed E-state index contributed by atoms with van der Waals surface area (Å²) in [6.07, 6.45) is 1.77. The highest BCUT2D eigenvalue weighted by Gasteiger charge is 2.36. The van der Waals surface area contributed by atoms with Crippen molar-refractivity contribution in [2.75, 3.05) is 19.6 Å². The van der Waals surface area contributed by atoms with Gasteiger partial charge in [0.05, 0.1) is 31.0 Å². The SMILES string of the molecule is N#CN=C(N1CC(OCc2ccc(OC(F)F)cc2)C1)N1CC(N)C(c2ccc(Cl)cc2)=N1. The number of benzene rings is 2. The number of nitrogens with zero attached hydrogens (tertiary/aromatic N) is 5. The van der Waals surface area contributed by atoms with Crippen molar-refractivity contribution < 1.29 is 18.3 Å². The van der Waals surface area contributed by atoms with Gasteiger partial charge in [-0.05, 0) is 35.4 Å². The number of aliphatic imine (C=N–C) groups is 1. The number of hydrogen-bond acceptors (Lipinski definition) is 6. The Morgan fingerprint density at radius 1 is 1.18 bits per heavy atom. The van der Waals surface area contributed by atoms with Gasteiger partial charge in [0.1, 0.15) is 5.75 Å². The van der Waals surface area contributed by atoms with Crippen LogP contribution in [0.4, 0.5) is 8.78 Å². The Hall–Kier alpha value is -3.26. The molecule has 2 aromatic carbocycles. The molecule has 1 saturated heterocycles. The molecule has 2 aromatic rings. The van der Waals surface area contributed by atoms with Crippen LogP contribution < -0.4 is 10.5 Å². The number of likely N-dealkylation sites (tertiary alicyclic amines) is 1. The predicted octanol–water partition coefficient (Wildman–Crippen LogP) is 3.03. The molecule has 4 rings (SSSR count). The maximum Gasteiger partial charge on any atom is 0.387 e. The fourth-order valence-electron chi connectivity index (χ4n) is 3.56. The number of alkyl halides is 2. The quantitative estimate of drug-likeness (QED) is 0.392. The lowest BCUT2D eigenvalue weighted by Crippen LogP contribution is -2.58. The molecule has 0 bridgehead atoms. The fraction of sp³-hybridized carbons (Fsp3) is 0.318. The molecule has 1 unspecified atom stereocenters. The van der Waals surface area contributed by atoms with Gasteiger partial charge < -0.3 is 20.1 Å². The molecule has 0 spiro atoms. The van der Waals surface area contributed by atoms with Crippen LogP contribution in [0.15, 0.2) is 58.6 Å². The molecular formula is C22H21ClF2N6O2. The van der Waals surface area contributed by atoms with Crippen LogP contribution in [0.25, 0.3) is 0 Å². The highest BCUT2D eigenvalue weighted by molar-refractivity contribution is 6.30. The minimum absolute atomic E-state index is 0.0677. The molecule has 2 heterocycles. The molecule has 2 aliphatic heterocycles. The van der Waals surface area contributed by atoms with Crippen LogP contribution >= 0.6 is 11.6 Å². The van der Waals surface area contributed by atoms with Crippen LogP contribution in [0.3, 0.4) is 0 Å². The second-order valence-corrected chi connectivity index (χ2v) is 7.99. The molecule has 8 nitrogen and oxygen atoms in total. The van der Waals surface area contributed by atoms with Crippen LogP contribution in [-0.4, -0.2) is 60.0 Å². The lowest BCUT2D eigenvalue weighted by Gasteiger charge is -2.41. The van der Waals surface area contributed by atoms with Crippen molar-refractivity contribution in [2.24, 2.45) is 15.8 Å². The third-order valence-electron chi connectivity index (χ3n) is 5.24. The van der Waals surface area contributed by atoms with E-state index in [0.29, 0.717) is 42.9 Å². The van der Waals surface area contributed by atoms with Gasteiger partial charge in [0, 0.05) is 18.1 Å². The summed E-state index contributed by atoms with van der Waals surface area (Å²) in [5.41, 5.74) is 8.67. The van der Waals surface area contributed by atoms with E-state index in [4.69, 9.17) is 27.3 Å². The lowest BCUT2D eigenvalue weighted by molar-refractivity contribution is -0.0500. The summed E-state index contributed by atoms with van der Waals surface area (Å²) in [4.78, 5) is 5.85. The summed E-state index contributed by atoms with van der Waals surface area (Å²) in [6, 6.07) is 13.2. The summed E-state index contributed by atoms with van der Waals surface area (Å²) in [5, 5.41) is 16.0. The van der Waals surface area contributed by atoms with Crippen LogP contribution in [0.1, 0.15) is 11.1 Å². The molecule has 33 heavy (non-hydrogen) atoms. The second kappa shape index (κ2) is 10.1. The van der Waals surface area contributed by atoms with Crippen LogP contribution in [0, 0.1) is 11.5 Å². The number of rotatable bonds is 6. The highest BCUT2D eigenvalue weighted by Crippen LogP contribution is 2.22. The van der Waals surface area contributed by atoms with Crippen molar-refractivity contribution in [1.82, 2.24) is 9.91 Å². The Bertz CT molecular complexity index is 1070. The number of hydrogen-bond donors (Lipinski definition) is 1. The minimum atomic E-state index is -2.85. The van der Waals surface area contributed by atoms with Crippen molar-refractivity contribution in [1.29, 1.82) is 5.26 Å². The summed E-state index contributed by atoms with van der Waals surface area (Å²) >= 11 is 5.96. The molecule has 1 fully saturated rings. The van der Waals surface area contributed by atoms with Gasteiger partial charge in [-0.25, -0.2) is 5.01 Å². The molecule has 0 aliphatic carbocycles. The zero-order chi connectivity index (χ0) is 23.4. The number of halogens is 3. The Kier molecular flexibility index (Phi) is 7.03. The largest absolute Gasteiger partial charge is 0.435 e. The van der Waals surface area contributed by atoms with Gasteiger partial charge in [0.2, 0.25) is 12.2 Å². The zero-order valence-electron chi connectivity index (χ0n) is 17.4. The first-order chi connectivity index (χ1) is 15.9. The smallest absolute Gasteiger partial charge is 0.387 e. The van der Waals surface area contributed by atoms with Gasteiger partial charge in [-0.1, -0.05) is 35.9 Å². The number of nitrogens with two attached hydrogens (primary N) is 1. The van der Waals surface area contributed by atoms with E-state index in [1.165, 1.54) is 12.1 Å². The van der Waals surface area contributed by atoms with E-state index in [0.717, 1.165) is 11.1 Å². The van der Waals surface area contributed by atoms with Gasteiger partial charge in [-0.3, -0.25) is 0 Å². The lowest BCUT2D eigenvalue weighted by atomic mass is 10.1. The van der Waals surface area contributed by atoms with Gasteiger partial charge in [-0.2, -0.15) is 19.1 Å². The third-order valence-corrected chi connectivity index (χ3v) is 5.49. The number of guanidine groups is 1. The molecular weight excluding hydrogens is 454 g/mol. The van der Waals surface area contributed by atoms with Gasteiger partial charge in [-0.15, -0.1) is 4.99 Å². The second-order valence-electron chi connectivity index (χ2n) is 7.55. The summed E-state index contributed by atoms with van der Waals surface area (Å²) in [6.45, 7) is -1.07. The van der Waals surface area contributed by atoms with Crippen molar-refractivity contribution in [3.63, 3.8) is 0 Å². The molecule has 0 amide bonds. The first-order valence-corrected chi connectivity index (χ1v) is 10.6. The van der Waals surface area contributed by atoms with Crippen LogP contribution in [0.2, 0.25) is 5.02 Å². The molecule has 0 saturated carbocycles. The van der Waals surface area contributed by atoms with Gasteiger partial charge in [0.15, 0.2) is 0 Å². The average Bonchev–Trinajstić information content (AvgIpc) is 3.14. The van der Waals surface area contributed by atoms with E-state index >= 15 is 0 Å². The molecule has 1 atom stereocenters. The number of hydrazone groups is 1. The Morgan fingerprint density at radius 2 is 1.88 bits per heavy atom. The van der Waals surface area contributed by atoms with E-state index in [9.17, 15) is 8.78 Å². The maximum atomic E-state index is 12.2. The first-order valence-electron chi connectivity index (χ1n) is 10.2. The van der Waals surface area contributed by atoms with E-state index in [-0.39, 0.29) is 17.9 Å². The summed E-state index contributed by atoms with van der Waals surface area (Å²) in [5.74, 6) is 0.522. The Morgan fingerprint density at radius 3 is 2.52 bits per heavy atom. The van der Waals surface area contributed by atoms with Crippen molar-refractivity contribution in [2.45, 2.75) is 25.4 Å². The number of ether oxygens (including phenoxy) is 2. The van der Waals surface area contributed by atoms with Crippen molar-refractivity contribution in [3.05, 3.63) is 64.7 Å². The molecule has 2 aliphatic rings. The standard InChI is InChI=1S/C22H21ClF2N6O2/c23-16-5-3-15(4-6-16)20-19(27)11-31(29-20)22(28-13-26)30-9-18(10-30)32-12-14-1-7-17(8-2-14)33-21(24)25/h1-8,18-19,21H,9-12,27H2. The Labute approximate surface area is 194 Å². The van der Waals surface area contributed by atoms with Crippen LogP contribution in [-0.2, 0) is 11.3 Å². The molecule has 172 valence electrons. The topological polar surface area (TPSA) is 99.5 Å². The normalized spacial score (nSPS) is 18.8. The van der Waals surface area contributed by atoms with E-state index < -0.39 is 6.61 Å². The van der Waals surface area contributed by atoms with Crippen molar-refractivity contribution in [3.8, 4) is 11.9 Å². The molecule has 0 aromatic heterocycles. The predicted molar refractivity (Wildman–Crippen MR) is 119 cm³/mol. The monoisotopic (exact) mass is 474 g/mol. The van der Waals surface area contributed by atoms with Crippen molar-refractivity contribution >= 4 is 23.3 Å². The first kappa shape index (κ1) is 22.9. The molecule has 11 heteroatoms. The molecule has 0 radical (unpaired) electrons. The highest BCUT2D eigenvalue weighted by atomic mass is 35.5. The summed E-state index contributed by atoms with van der Waals surface area (Å²) < 4.78 is 34.7. The summed E-state index contributed by atoms with van der Waals surface area (Å²) in [7, 11) is 0. The Balaban J connectivity index is 1.33. The van der Waals surface area contributed by atoms with Crippen LogP contribution in [0.5, 0.6) is 5.75 Å². The molecule has 2 N–H and O–H groups in total. The van der Waals surface area contributed by atoms with E-state index in [1.807, 2.05) is 23.2 Å². The maximum absolute atomic E-state index is 12.2. The van der Waals surface area contributed by atoms with E-state index in [2.05, 4.69) is 14.8 Å². The third kappa shape index (κ3) is 5.57. The average molecular weight is 475 g/mol.